The molecule has 4 rings (SSSR count). The Hall–Kier alpha value is -3.80. The van der Waals surface area contributed by atoms with E-state index in [1.165, 1.54) is 12.3 Å². The van der Waals surface area contributed by atoms with E-state index >= 15 is 0 Å². The van der Waals surface area contributed by atoms with Crippen molar-refractivity contribution in [3.8, 4) is 0 Å². The Kier molecular flexibility index (Phi) is 5.94. The first-order valence-corrected chi connectivity index (χ1v) is 9.91. The molecular weight excluding hydrogens is 378 g/mol. The zero-order valence-electron chi connectivity index (χ0n) is 16.5. The van der Waals surface area contributed by atoms with Gasteiger partial charge in [0.25, 0.3) is 5.91 Å². The lowest BCUT2D eigenvalue weighted by molar-refractivity contribution is -0.111. The fourth-order valence-corrected chi connectivity index (χ4v) is 3.40. The smallest absolute Gasteiger partial charge is 0.289 e. The summed E-state index contributed by atoms with van der Waals surface area (Å²) in [5.41, 5.74) is 2.79. The Morgan fingerprint density at radius 1 is 0.867 bits per heavy atom. The number of hydrogen-bond acceptors (Lipinski definition) is 4. The highest BCUT2D eigenvalue weighted by Gasteiger charge is 2.23. The molecule has 0 spiro atoms. The summed E-state index contributed by atoms with van der Waals surface area (Å²) >= 11 is 0. The zero-order valence-corrected chi connectivity index (χ0v) is 16.5. The normalized spacial score (nSPS) is 14.1. The summed E-state index contributed by atoms with van der Waals surface area (Å²) < 4.78 is 5.20. The van der Waals surface area contributed by atoms with Gasteiger partial charge in [0.1, 0.15) is 0 Å². The van der Waals surface area contributed by atoms with Crippen LogP contribution in [0.2, 0.25) is 0 Å². The van der Waals surface area contributed by atoms with Crippen molar-refractivity contribution in [1.29, 1.82) is 0 Å². The average Bonchev–Trinajstić information content (AvgIpc) is 3.34. The number of piperazine rings is 1. The van der Waals surface area contributed by atoms with E-state index in [0.29, 0.717) is 18.8 Å². The van der Waals surface area contributed by atoms with E-state index in [4.69, 9.17) is 4.42 Å². The molecule has 30 heavy (non-hydrogen) atoms. The topological polar surface area (TPSA) is 65.8 Å². The minimum atomic E-state index is -0.170. The van der Waals surface area contributed by atoms with Gasteiger partial charge in [0.15, 0.2) is 5.76 Å². The number of anilines is 2. The molecule has 0 aliphatic carbocycles. The van der Waals surface area contributed by atoms with Crippen molar-refractivity contribution < 1.29 is 14.0 Å². The van der Waals surface area contributed by atoms with Crippen LogP contribution in [0.4, 0.5) is 11.4 Å². The molecule has 2 heterocycles. The fraction of sp³-hybridized carbons (Fsp3) is 0.167. The lowest BCUT2D eigenvalue weighted by Crippen LogP contribution is -2.48. The third kappa shape index (κ3) is 4.78. The second kappa shape index (κ2) is 9.13. The van der Waals surface area contributed by atoms with Gasteiger partial charge in [-0.1, -0.05) is 30.3 Å². The van der Waals surface area contributed by atoms with Gasteiger partial charge in [0, 0.05) is 43.6 Å². The summed E-state index contributed by atoms with van der Waals surface area (Å²) in [6, 6.07) is 20.9. The summed E-state index contributed by atoms with van der Waals surface area (Å²) in [4.78, 5) is 28.5. The molecule has 1 N–H and O–H groups in total. The molecule has 0 unspecified atom stereocenters. The molecule has 0 radical (unpaired) electrons. The Morgan fingerprint density at radius 2 is 1.60 bits per heavy atom. The minimum Gasteiger partial charge on any atom is -0.459 e. The molecule has 0 bridgehead atoms. The predicted octanol–water partition coefficient (Wildman–Crippen LogP) is 3.89. The van der Waals surface area contributed by atoms with E-state index in [1.807, 2.05) is 59.5 Å². The third-order valence-corrected chi connectivity index (χ3v) is 5.03. The SMILES string of the molecule is O=C(C=Cc1ccccc1)Nc1ccc(N2CCN(C(=O)c3ccco3)CC2)cc1. The average molecular weight is 401 g/mol. The van der Waals surface area contributed by atoms with Crippen molar-refractivity contribution in [1.82, 2.24) is 4.90 Å². The number of amides is 2. The number of carbonyl (C=O) groups excluding carboxylic acids is 2. The summed E-state index contributed by atoms with van der Waals surface area (Å²) in [7, 11) is 0. The minimum absolute atomic E-state index is 0.0683. The van der Waals surface area contributed by atoms with Gasteiger partial charge in [0.05, 0.1) is 6.26 Å². The van der Waals surface area contributed by atoms with Crippen LogP contribution in [0.5, 0.6) is 0 Å². The highest BCUT2D eigenvalue weighted by molar-refractivity contribution is 6.02. The molecule has 1 saturated heterocycles. The van der Waals surface area contributed by atoms with Crippen LogP contribution in [0, 0.1) is 0 Å². The number of nitrogens with zero attached hydrogens (tertiary/aromatic N) is 2. The van der Waals surface area contributed by atoms with Gasteiger partial charge in [-0.05, 0) is 48.0 Å². The molecule has 6 nitrogen and oxygen atoms in total. The first-order chi connectivity index (χ1) is 14.7. The Balaban J connectivity index is 1.29. The van der Waals surface area contributed by atoms with Crippen molar-refractivity contribution >= 4 is 29.3 Å². The van der Waals surface area contributed by atoms with Crippen LogP contribution in [0.3, 0.4) is 0 Å². The number of benzene rings is 2. The largest absolute Gasteiger partial charge is 0.459 e. The number of hydrogen-bond donors (Lipinski definition) is 1. The molecule has 152 valence electrons. The standard InChI is InChI=1S/C24H23N3O3/c28-23(13-8-19-5-2-1-3-6-19)25-20-9-11-21(12-10-20)26-14-16-27(17-15-26)24(29)22-7-4-18-30-22/h1-13,18H,14-17H2,(H,25,28). The molecule has 1 fully saturated rings. The van der Waals surface area contributed by atoms with Gasteiger partial charge in [-0.25, -0.2) is 0 Å². The number of nitrogens with one attached hydrogen (secondary N) is 1. The maximum atomic E-state index is 12.4. The van der Waals surface area contributed by atoms with Gasteiger partial charge in [-0.3, -0.25) is 9.59 Å². The molecule has 2 amide bonds. The van der Waals surface area contributed by atoms with Crippen molar-refractivity contribution in [3.63, 3.8) is 0 Å². The molecule has 1 aliphatic rings. The summed E-state index contributed by atoms with van der Waals surface area (Å²) in [6.45, 7) is 2.78. The molecule has 6 heteroatoms. The molecule has 2 aromatic carbocycles. The maximum Gasteiger partial charge on any atom is 0.289 e. The van der Waals surface area contributed by atoms with E-state index in [9.17, 15) is 9.59 Å². The highest BCUT2D eigenvalue weighted by Crippen LogP contribution is 2.20. The first kappa shape index (κ1) is 19.5. The monoisotopic (exact) mass is 401 g/mol. The van der Waals surface area contributed by atoms with E-state index in [2.05, 4.69) is 10.2 Å². The lowest BCUT2D eigenvalue weighted by atomic mass is 10.2. The van der Waals surface area contributed by atoms with E-state index in [0.717, 1.165) is 30.0 Å². The van der Waals surface area contributed by atoms with Crippen molar-refractivity contribution in [2.24, 2.45) is 0 Å². The molecule has 0 atom stereocenters. The lowest BCUT2D eigenvalue weighted by Gasteiger charge is -2.35. The molecule has 1 aromatic heterocycles. The van der Waals surface area contributed by atoms with Crippen molar-refractivity contribution in [3.05, 3.63) is 90.4 Å². The van der Waals surface area contributed by atoms with Gasteiger partial charge < -0.3 is 19.5 Å². The van der Waals surface area contributed by atoms with Crippen LogP contribution >= 0.6 is 0 Å². The van der Waals surface area contributed by atoms with Crippen LogP contribution in [0.15, 0.2) is 83.5 Å². The molecule has 0 saturated carbocycles. The van der Waals surface area contributed by atoms with Crippen LogP contribution in [0.25, 0.3) is 6.08 Å². The van der Waals surface area contributed by atoms with Crippen molar-refractivity contribution in [2.45, 2.75) is 0 Å². The van der Waals surface area contributed by atoms with E-state index in [-0.39, 0.29) is 11.8 Å². The van der Waals surface area contributed by atoms with Crippen molar-refractivity contribution in [2.75, 3.05) is 36.4 Å². The maximum absolute atomic E-state index is 12.4. The second-order valence-electron chi connectivity index (χ2n) is 7.04. The van der Waals surface area contributed by atoms with Crippen LogP contribution in [-0.2, 0) is 4.79 Å². The van der Waals surface area contributed by atoms with Crippen LogP contribution < -0.4 is 10.2 Å². The number of carbonyl (C=O) groups is 2. The quantitative estimate of drug-likeness (QED) is 0.659. The Bertz CT molecular complexity index is 1000. The highest BCUT2D eigenvalue weighted by atomic mass is 16.3. The molecule has 1 aliphatic heterocycles. The van der Waals surface area contributed by atoms with Gasteiger partial charge >= 0.3 is 0 Å². The summed E-state index contributed by atoms with van der Waals surface area (Å²) in [5.74, 6) is 0.141. The fourth-order valence-electron chi connectivity index (χ4n) is 3.40. The molecule has 3 aromatic rings. The van der Waals surface area contributed by atoms with Crippen LogP contribution in [0.1, 0.15) is 16.1 Å². The second-order valence-corrected chi connectivity index (χ2v) is 7.04. The Morgan fingerprint density at radius 3 is 2.27 bits per heavy atom. The number of furan rings is 1. The van der Waals surface area contributed by atoms with Crippen LogP contribution in [-0.4, -0.2) is 42.9 Å². The summed E-state index contributed by atoms with van der Waals surface area (Å²) in [6.07, 6.45) is 4.83. The third-order valence-electron chi connectivity index (χ3n) is 5.03. The van der Waals surface area contributed by atoms with E-state index in [1.54, 1.807) is 18.2 Å². The van der Waals surface area contributed by atoms with Gasteiger partial charge in [-0.15, -0.1) is 0 Å². The van der Waals surface area contributed by atoms with Gasteiger partial charge in [-0.2, -0.15) is 0 Å². The molecular formula is C24H23N3O3. The Labute approximate surface area is 175 Å². The summed E-state index contributed by atoms with van der Waals surface area (Å²) in [5, 5.41) is 2.87. The zero-order chi connectivity index (χ0) is 20.8. The first-order valence-electron chi connectivity index (χ1n) is 9.91. The predicted molar refractivity (Wildman–Crippen MR) is 117 cm³/mol. The number of rotatable bonds is 5. The van der Waals surface area contributed by atoms with Gasteiger partial charge in [0.2, 0.25) is 5.91 Å². The van der Waals surface area contributed by atoms with E-state index < -0.39 is 0 Å².